The van der Waals surface area contributed by atoms with Crippen molar-refractivity contribution in [2.75, 3.05) is 0 Å². The fourth-order valence-electron chi connectivity index (χ4n) is 0.329. The van der Waals surface area contributed by atoms with Crippen molar-refractivity contribution >= 4 is 44.5 Å². The summed E-state index contributed by atoms with van der Waals surface area (Å²) in [6.45, 7) is 0. The topological polar surface area (TPSA) is 0 Å². The number of hydrogen-bond acceptors (Lipinski definition) is 1. The molecule has 1 rings (SSSR count). The summed E-state index contributed by atoms with van der Waals surface area (Å²) in [6, 6.07) is 0. The summed E-state index contributed by atoms with van der Waals surface area (Å²) < 4.78 is 0. The van der Waals surface area contributed by atoms with E-state index in [1.54, 1.807) is 0 Å². The standard InChI is InChI=1S/C4H4S2Se2/c7-6(8)4-2-1-3-5-6/h1-4H. The van der Waals surface area contributed by atoms with Gasteiger partial charge in [-0.25, -0.2) is 0 Å². The quantitative estimate of drug-likeness (QED) is 0.478. The van der Waals surface area contributed by atoms with Gasteiger partial charge in [0.05, 0.1) is 0 Å². The first kappa shape index (κ1) is 7.33. The zero-order valence-electron chi connectivity index (χ0n) is 3.94. The van der Waals surface area contributed by atoms with Gasteiger partial charge in [-0.15, -0.1) is 0 Å². The van der Waals surface area contributed by atoms with Gasteiger partial charge < -0.3 is 0 Å². The van der Waals surface area contributed by atoms with Crippen LogP contribution >= 0.6 is 15.7 Å². The molecule has 0 fully saturated rings. The Balaban J connectivity index is 2.98. The third-order valence-corrected chi connectivity index (χ3v) is 7.49. The van der Waals surface area contributed by atoms with Crippen molar-refractivity contribution in [2.24, 2.45) is 0 Å². The average molecular weight is 274 g/mol. The van der Waals surface area contributed by atoms with Crippen LogP contribution in [0.15, 0.2) is 23.0 Å². The molecule has 44 valence electrons. The first-order valence-electron chi connectivity index (χ1n) is 1.97. The van der Waals surface area contributed by atoms with E-state index < -0.39 is 4.91 Å². The van der Waals surface area contributed by atoms with E-state index in [0.717, 1.165) is 0 Å². The van der Waals surface area contributed by atoms with Crippen LogP contribution in [0.1, 0.15) is 0 Å². The van der Waals surface area contributed by atoms with E-state index in [2.05, 4.69) is 45.7 Å². The molecule has 1 heterocycles. The minimum atomic E-state index is -0.683. The third-order valence-electron chi connectivity index (χ3n) is 0.625. The molecule has 0 radical (unpaired) electrons. The fraction of sp³-hybridized carbons (Fsp3) is 0. The normalized spacial score (nSPS) is 23.5. The van der Waals surface area contributed by atoms with Crippen molar-refractivity contribution in [1.82, 2.24) is 0 Å². The van der Waals surface area contributed by atoms with Gasteiger partial charge in [-0.3, -0.25) is 0 Å². The zero-order chi connectivity index (χ0) is 6.04. The van der Waals surface area contributed by atoms with Gasteiger partial charge in [0.25, 0.3) is 0 Å². The van der Waals surface area contributed by atoms with Crippen LogP contribution in [0.2, 0.25) is 0 Å². The van der Waals surface area contributed by atoms with Crippen molar-refractivity contribution < 1.29 is 0 Å². The Labute approximate surface area is 67.0 Å². The Morgan fingerprint density at radius 3 is 2.25 bits per heavy atom. The van der Waals surface area contributed by atoms with Gasteiger partial charge in [0.1, 0.15) is 0 Å². The van der Waals surface area contributed by atoms with Crippen LogP contribution < -0.4 is 0 Å². The second-order valence-electron chi connectivity index (χ2n) is 1.25. The van der Waals surface area contributed by atoms with Crippen LogP contribution in [0.25, 0.3) is 0 Å². The van der Waals surface area contributed by atoms with E-state index in [0.29, 0.717) is 0 Å². The van der Waals surface area contributed by atoms with Crippen LogP contribution in [0.5, 0.6) is 0 Å². The van der Waals surface area contributed by atoms with Gasteiger partial charge in [-0.2, -0.15) is 0 Å². The molecule has 0 atom stereocenters. The van der Waals surface area contributed by atoms with E-state index in [9.17, 15) is 0 Å². The van der Waals surface area contributed by atoms with Gasteiger partial charge >= 0.3 is 67.4 Å². The molecule has 4 heteroatoms. The van der Waals surface area contributed by atoms with Crippen molar-refractivity contribution in [3.63, 3.8) is 0 Å². The number of rotatable bonds is 0. The molecule has 0 spiro atoms. The Hall–Kier alpha value is 1.22. The first-order chi connectivity index (χ1) is 3.71. The molecule has 0 unspecified atom stereocenters. The Morgan fingerprint density at radius 2 is 2.00 bits per heavy atom. The number of allylic oxidation sites excluding steroid dienone is 2. The molecule has 0 aliphatic carbocycles. The molecular formula is C4H4S2Se2. The van der Waals surface area contributed by atoms with Crippen molar-refractivity contribution in [2.45, 2.75) is 0 Å². The molecule has 0 bridgehead atoms. The van der Waals surface area contributed by atoms with Crippen molar-refractivity contribution in [1.29, 1.82) is 0 Å². The SMILES string of the molecule is [Se]=S1(=[Se])C=CC=CS1. The molecule has 0 nitrogen and oxygen atoms in total. The van der Waals surface area contributed by atoms with Crippen LogP contribution in [0.4, 0.5) is 0 Å². The first-order valence-corrected chi connectivity index (χ1v) is 9.11. The predicted molar refractivity (Wildman–Crippen MR) is 45.0 cm³/mol. The fourth-order valence-corrected chi connectivity index (χ4v) is 4.55. The predicted octanol–water partition coefficient (Wildman–Crippen LogP) is 1.65. The molecule has 0 N–H and O–H groups in total. The van der Waals surface area contributed by atoms with Gasteiger partial charge in [-0.05, 0) is 0 Å². The second kappa shape index (κ2) is 2.87. The zero-order valence-corrected chi connectivity index (χ0v) is 9.00. The van der Waals surface area contributed by atoms with E-state index in [4.69, 9.17) is 0 Å². The average Bonchev–Trinajstić information content (AvgIpc) is 1.65. The maximum absolute atomic E-state index is 3.11. The molecule has 0 aromatic carbocycles. The van der Waals surface area contributed by atoms with E-state index in [1.807, 2.05) is 16.9 Å². The van der Waals surface area contributed by atoms with E-state index in [-0.39, 0.29) is 0 Å². The van der Waals surface area contributed by atoms with Crippen LogP contribution in [-0.4, -0.2) is 28.8 Å². The molecule has 8 heavy (non-hydrogen) atoms. The maximum atomic E-state index is 3.11. The van der Waals surface area contributed by atoms with Crippen LogP contribution in [0.3, 0.4) is 0 Å². The summed E-state index contributed by atoms with van der Waals surface area (Å²) in [7, 11) is 1.83. The van der Waals surface area contributed by atoms with Crippen molar-refractivity contribution in [3.05, 3.63) is 23.0 Å². The Kier molecular flexibility index (Phi) is 2.63. The Morgan fingerprint density at radius 1 is 1.25 bits per heavy atom. The molecule has 0 aromatic rings. The summed E-state index contributed by atoms with van der Waals surface area (Å²) in [5.41, 5.74) is 0. The molecule has 0 saturated heterocycles. The summed E-state index contributed by atoms with van der Waals surface area (Å²) in [6.07, 6.45) is 4.11. The summed E-state index contributed by atoms with van der Waals surface area (Å²) in [5.74, 6) is 0. The minimum absolute atomic E-state index is 0.683. The third kappa shape index (κ3) is 2.22. The van der Waals surface area contributed by atoms with Crippen molar-refractivity contribution in [3.8, 4) is 0 Å². The van der Waals surface area contributed by atoms with E-state index in [1.165, 1.54) is 0 Å². The summed E-state index contributed by atoms with van der Waals surface area (Å²) >= 11 is 6.22. The van der Waals surface area contributed by atoms with Gasteiger partial charge in [0.15, 0.2) is 0 Å². The molecule has 0 saturated carbocycles. The Bertz CT molecular complexity index is 222. The molecule has 0 amide bonds. The van der Waals surface area contributed by atoms with Gasteiger partial charge in [0.2, 0.25) is 0 Å². The van der Waals surface area contributed by atoms with Gasteiger partial charge in [0, 0.05) is 0 Å². The molecule has 1 aliphatic rings. The molecular weight excluding hydrogens is 270 g/mol. The van der Waals surface area contributed by atoms with E-state index >= 15 is 0 Å². The van der Waals surface area contributed by atoms with Gasteiger partial charge in [-0.1, -0.05) is 0 Å². The molecule has 1 aliphatic heterocycles. The van der Waals surface area contributed by atoms with Crippen LogP contribution in [0, 0.1) is 0 Å². The monoisotopic (exact) mass is 276 g/mol. The molecule has 0 aromatic heterocycles. The summed E-state index contributed by atoms with van der Waals surface area (Å²) in [4.78, 5) is -0.683. The van der Waals surface area contributed by atoms with Crippen LogP contribution in [-0.2, 0) is 0 Å². The number of hydrogen-bond donors (Lipinski definition) is 0. The summed E-state index contributed by atoms with van der Waals surface area (Å²) in [5, 5.41) is 4.28. The second-order valence-corrected chi connectivity index (χ2v) is 17.8.